The van der Waals surface area contributed by atoms with Crippen LogP contribution in [0.5, 0.6) is 11.5 Å². The van der Waals surface area contributed by atoms with E-state index >= 15 is 0 Å². The van der Waals surface area contributed by atoms with Gasteiger partial charge in [0.2, 0.25) is 0 Å². The van der Waals surface area contributed by atoms with Crippen LogP contribution in [-0.4, -0.2) is 23.9 Å². The van der Waals surface area contributed by atoms with Gasteiger partial charge in [0.05, 0.1) is 24.8 Å². The Morgan fingerprint density at radius 2 is 2.20 bits per heavy atom. The average Bonchev–Trinajstić information content (AvgIpc) is 2.17. The number of rotatable bonds is 3. The van der Waals surface area contributed by atoms with Gasteiger partial charge in [-0.25, -0.2) is 0 Å². The number of methoxy groups -OCH3 is 1. The third kappa shape index (κ3) is 2.17. The number of hydrogen-bond acceptors (Lipinski definition) is 4. The highest BCUT2D eigenvalue weighted by molar-refractivity contribution is 6.32. The summed E-state index contributed by atoms with van der Waals surface area (Å²) in [7, 11) is 1.41. The molecule has 0 amide bonds. The molecule has 0 bridgehead atoms. The van der Waals surface area contributed by atoms with Crippen LogP contribution in [0.4, 0.5) is 0 Å². The molecule has 5 heteroatoms. The number of aliphatic hydroxyl groups excluding tert-OH is 1. The van der Waals surface area contributed by atoms with Gasteiger partial charge in [-0.1, -0.05) is 11.6 Å². The van der Waals surface area contributed by atoms with Crippen molar-refractivity contribution < 1.29 is 14.9 Å². The van der Waals surface area contributed by atoms with E-state index in [9.17, 15) is 5.11 Å². The molecule has 1 aromatic rings. The van der Waals surface area contributed by atoms with Crippen LogP contribution in [-0.2, 0) is 0 Å². The van der Waals surface area contributed by atoms with Gasteiger partial charge in [-0.2, -0.15) is 0 Å². The molecule has 0 fully saturated rings. The molecule has 0 saturated heterocycles. The number of phenols is 1. The Kier molecular flexibility index (Phi) is 3.79. The molecule has 1 unspecified atom stereocenters. The number of nitrogens with two attached hydrogens (primary N) is 1. The summed E-state index contributed by atoms with van der Waals surface area (Å²) in [6.45, 7) is 1.51. The fourth-order valence-corrected chi connectivity index (χ4v) is 1.84. The number of ether oxygens (including phenoxy) is 1. The second-order valence-corrected chi connectivity index (χ2v) is 3.67. The van der Waals surface area contributed by atoms with Gasteiger partial charge in [-0.3, -0.25) is 0 Å². The first-order valence-electron chi connectivity index (χ1n) is 4.45. The van der Waals surface area contributed by atoms with Gasteiger partial charge in [-0.05, 0) is 18.6 Å². The van der Waals surface area contributed by atoms with Crippen LogP contribution in [0, 0.1) is 6.92 Å². The topological polar surface area (TPSA) is 75.7 Å². The summed E-state index contributed by atoms with van der Waals surface area (Å²) >= 11 is 5.87. The maximum atomic E-state index is 9.85. The highest BCUT2D eigenvalue weighted by Gasteiger charge is 2.19. The van der Waals surface area contributed by atoms with Crippen molar-refractivity contribution in [1.29, 1.82) is 0 Å². The van der Waals surface area contributed by atoms with Gasteiger partial charge in [0.25, 0.3) is 0 Å². The van der Waals surface area contributed by atoms with E-state index < -0.39 is 6.04 Å². The molecule has 15 heavy (non-hydrogen) atoms. The Labute approximate surface area is 93.2 Å². The molecule has 0 heterocycles. The Bertz CT molecular complexity index is 368. The van der Waals surface area contributed by atoms with E-state index in [0.717, 1.165) is 5.56 Å². The number of aliphatic hydroxyl groups is 1. The molecule has 1 aromatic carbocycles. The number of hydrogen-bond donors (Lipinski definition) is 3. The zero-order chi connectivity index (χ0) is 11.6. The van der Waals surface area contributed by atoms with Crippen LogP contribution >= 0.6 is 11.6 Å². The summed E-state index contributed by atoms with van der Waals surface area (Å²) in [6, 6.07) is 1.00. The van der Waals surface area contributed by atoms with Gasteiger partial charge in [-0.15, -0.1) is 0 Å². The Morgan fingerprint density at radius 3 is 2.67 bits per heavy atom. The molecular weight excluding hydrogens is 218 g/mol. The standard InChI is InChI=1S/C10H14ClNO3/c1-5-3-6(11)10(15-2)9(14)8(5)7(12)4-13/h3,7,13-14H,4,12H2,1-2H3. The highest BCUT2D eigenvalue weighted by atomic mass is 35.5. The summed E-state index contributed by atoms with van der Waals surface area (Å²) in [4.78, 5) is 0. The first kappa shape index (κ1) is 12.1. The van der Waals surface area contributed by atoms with Crippen LogP contribution < -0.4 is 10.5 Å². The van der Waals surface area contributed by atoms with Crippen molar-refractivity contribution in [2.75, 3.05) is 13.7 Å². The minimum atomic E-state index is -0.642. The van der Waals surface area contributed by atoms with E-state index in [4.69, 9.17) is 27.2 Å². The zero-order valence-electron chi connectivity index (χ0n) is 8.62. The fourth-order valence-electron chi connectivity index (χ4n) is 1.51. The Hall–Kier alpha value is -0.970. The lowest BCUT2D eigenvalue weighted by molar-refractivity contribution is 0.263. The van der Waals surface area contributed by atoms with Crippen molar-refractivity contribution in [3.8, 4) is 11.5 Å². The summed E-state index contributed by atoms with van der Waals surface area (Å²) in [6.07, 6.45) is 0. The molecule has 4 N–H and O–H groups in total. The van der Waals surface area contributed by atoms with Crippen LogP contribution in [0.25, 0.3) is 0 Å². The normalized spacial score (nSPS) is 12.6. The van der Waals surface area contributed by atoms with Crippen molar-refractivity contribution in [2.45, 2.75) is 13.0 Å². The van der Waals surface area contributed by atoms with E-state index in [1.54, 1.807) is 13.0 Å². The molecule has 0 saturated carbocycles. The van der Waals surface area contributed by atoms with Crippen LogP contribution in [0.2, 0.25) is 5.02 Å². The number of aryl methyl sites for hydroxylation is 1. The van der Waals surface area contributed by atoms with Gasteiger partial charge in [0.15, 0.2) is 11.5 Å². The van der Waals surface area contributed by atoms with E-state index in [-0.39, 0.29) is 18.1 Å². The van der Waals surface area contributed by atoms with Gasteiger partial charge in [0.1, 0.15) is 0 Å². The smallest absolute Gasteiger partial charge is 0.179 e. The number of phenolic OH excluding ortho intramolecular Hbond substituents is 1. The third-order valence-electron chi connectivity index (χ3n) is 2.23. The maximum absolute atomic E-state index is 9.85. The Balaban J connectivity index is 3.38. The first-order valence-corrected chi connectivity index (χ1v) is 4.83. The SMILES string of the molecule is COc1c(Cl)cc(C)c(C(N)CO)c1O. The molecule has 1 atom stereocenters. The zero-order valence-corrected chi connectivity index (χ0v) is 9.38. The third-order valence-corrected chi connectivity index (χ3v) is 2.51. The predicted octanol–water partition coefficient (Wildman–Crippen LogP) is 1.35. The van der Waals surface area contributed by atoms with Crippen molar-refractivity contribution in [3.63, 3.8) is 0 Å². The second-order valence-electron chi connectivity index (χ2n) is 3.26. The van der Waals surface area contributed by atoms with Gasteiger partial charge >= 0.3 is 0 Å². The summed E-state index contributed by atoms with van der Waals surface area (Å²) in [5.41, 5.74) is 6.84. The number of benzene rings is 1. The van der Waals surface area contributed by atoms with Crippen LogP contribution in [0.3, 0.4) is 0 Å². The minimum Gasteiger partial charge on any atom is -0.504 e. The van der Waals surface area contributed by atoms with Crippen molar-refractivity contribution >= 4 is 11.6 Å². The molecular formula is C10H14ClNO3. The molecule has 0 aliphatic heterocycles. The lowest BCUT2D eigenvalue weighted by Gasteiger charge is -2.17. The molecule has 0 aromatic heterocycles. The van der Waals surface area contributed by atoms with Crippen molar-refractivity contribution in [2.24, 2.45) is 5.73 Å². The molecule has 0 aliphatic carbocycles. The molecule has 1 rings (SSSR count). The van der Waals surface area contributed by atoms with Crippen molar-refractivity contribution in [1.82, 2.24) is 0 Å². The molecule has 4 nitrogen and oxygen atoms in total. The highest BCUT2D eigenvalue weighted by Crippen LogP contribution is 2.40. The van der Waals surface area contributed by atoms with E-state index in [1.807, 2.05) is 0 Å². The van der Waals surface area contributed by atoms with E-state index in [1.165, 1.54) is 7.11 Å². The van der Waals surface area contributed by atoms with E-state index in [2.05, 4.69) is 0 Å². The largest absolute Gasteiger partial charge is 0.504 e. The van der Waals surface area contributed by atoms with Gasteiger partial charge < -0.3 is 20.7 Å². The van der Waals surface area contributed by atoms with Crippen LogP contribution in [0.15, 0.2) is 6.07 Å². The summed E-state index contributed by atoms with van der Waals surface area (Å²) in [5.74, 6) is 0.0743. The van der Waals surface area contributed by atoms with Crippen LogP contribution in [0.1, 0.15) is 17.2 Å². The fraction of sp³-hybridized carbons (Fsp3) is 0.400. The monoisotopic (exact) mass is 231 g/mol. The average molecular weight is 232 g/mol. The van der Waals surface area contributed by atoms with Gasteiger partial charge in [0, 0.05) is 5.56 Å². The molecule has 0 aliphatic rings. The Morgan fingerprint density at radius 1 is 1.60 bits per heavy atom. The second kappa shape index (κ2) is 4.70. The number of halogens is 1. The summed E-state index contributed by atoms with van der Waals surface area (Å²) in [5, 5.41) is 19.1. The number of aromatic hydroxyl groups is 1. The molecule has 0 radical (unpaired) electrons. The minimum absolute atomic E-state index is 0.107. The summed E-state index contributed by atoms with van der Waals surface area (Å²) < 4.78 is 4.95. The first-order chi connectivity index (χ1) is 7.02. The molecule has 84 valence electrons. The van der Waals surface area contributed by atoms with E-state index in [0.29, 0.717) is 10.6 Å². The molecule has 0 spiro atoms. The predicted molar refractivity (Wildman–Crippen MR) is 58.4 cm³/mol. The van der Waals surface area contributed by atoms with Crippen molar-refractivity contribution in [3.05, 3.63) is 22.2 Å². The quantitative estimate of drug-likeness (QED) is 0.734. The lowest BCUT2D eigenvalue weighted by Crippen LogP contribution is -2.16. The maximum Gasteiger partial charge on any atom is 0.179 e. The lowest BCUT2D eigenvalue weighted by atomic mass is 10.0.